The van der Waals surface area contributed by atoms with Crippen LogP contribution in [0.1, 0.15) is 29.2 Å². The maximum absolute atomic E-state index is 13.5. The molecule has 2 aromatic carbocycles. The zero-order valence-corrected chi connectivity index (χ0v) is 13.1. The molecule has 122 valence electrons. The normalized spacial score (nSPS) is 11.8. The van der Waals surface area contributed by atoms with Crippen LogP contribution in [0.2, 0.25) is 0 Å². The number of aryl methyl sites for hydroxylation is 1. The van der Waals surface area contributed by atoms with Crippen LogP contribution >= 0.6 is 0 Å². The number of aliphatic hydroxyl groups excluding tert-OH is 1. The van der Waals surface area contributed by atoms with Gasteiger partial charge in [-0.2, -0.15) is 0 Å². The standard InChI is InChI=1S/C18H21FN2O2/c1-13-7-8-14(11-16(13)19)12-20-18(23)21-17(9-10-22)15-5-3-2-4-6-15/h2-8,11,17,22H,9-10,12H2,1H3,(H2,20,21,23)/t17-/m1/s1. The van der Waals surface area contributed by atoms with E-state index in [9.17, 15) is 9.18 Å². The number of urea groups is 1. The smallest absolute Gasteiger partial charge is 0.315 e. The third-order valence-corrected chi connectivity index (χ3v) is 3.61. The van der Waals surface area contributed by atoms with E-state index in [0.29, 0.717) is 17.5 Å². The highest BCUT2D eigenvalue weighted by atomic mass is 19.1. The summed E-state index contributed by atoms with van der Waals surface area (Å²) in [4.78, 5) is 12.0. The zero-order chi connectivity index (χ0) is 16.7. The van der Waals surface area contributed by atoms with Crippen molar-refractivity contribution < 1.29 is 14.3 Å². The van der Waals surface area contributed by atoms with Crippen LogP contribution in [0.3, 0.4) is 0 Å². The van der Waals surface area contributed by atoms with Crippen LogP contribution in [0.5, 0.6) is 0 Å². The molecule has 0 aliphatic heterocycles. The van der Waals surface area contributed by atoms with Crippen LogP contribution in [0.25, 0.3) is 0 Å². The number of hydrogen-bond acceptors (Lipinski definition) is 2. The average Bonchev–Trinajstić information content (AvgIpc) is 2.56. The molecule has 0 fully saturated rings. The Morgan fingerprint density at radius 1 is 1.22 bits per heavy atom. The quantitative estimate of drug-likeness (QED) is 0.767. The maximum Gasteiger partial charge on any atom is 0.315 e. The van der Waals surface area contributed by atoms with Gasteiger partial charge >= 0.3 is 6.03 Å². The molecule has 0 unspecified atom stereocenters. The minimum absolute atomic E-state index is 0.0248. The molecule has 4 nitrogen and oxygen atoms in total. The van der Waals surface area contributed by atoms with Gasteiger partial charge in [-0.15, -0.1) is 0 Å². The summed E-state index contributed by atoms with van der Waals surface area (Å²) in [6.45, 7) is 1.91. The monoisotopic (exact) mass is 316 g/mol. The molecule has 5 heteroatoms. The minimum atomic E-state index is -0.353. The summed E-state index contributed by atoms with van der Waals surface area (Å²) in [5.74, 6) is -0.285. The Bertz CT molecular complexity index is 647. The first-order chi connectivity index (χ1) is 11.1. The van der Waals surface area contributed by atoms with Crippen LogP contribution in [-0.4, -0.2) is 17.7 Å². The number of nitrogens with one attached hydrogen (secondary N) is 2. The molecule has 0 saturated carbocycles. The van der Waals surface area contributed by atoms with Gasteiger partial charge in [-0.1, -0.05) is 42.5 Å². The maximum atomic E-state index is 13.5. The fraction of sp³-hybridized carbons (Fsp3) is 0.278. The lowest BCUT2D eigenvalue weighted by atomic mass is 10.0. The van der Waals surface area contributed by atoms with Crippen molar-refractivity contribution in [1.82, 2.24) is 10.6 Å². The lowest BCUT2D eigenvalue weighted by molar-refractivity contribution is 0.229. The van der Waals surface area contributed by atoms with Gasteiger partial charge in [0.25, 0.3) is 0 Å². The van der Waals surface area contributed by atoms with Gasteiger partial charge in [0, 0.05) is 13.2 Å². The second-order valence-corrected chi connectivity index (χ2v) is 5.39. The SMILES string of the molecule is Cc1ccc(CNC(=O)N[C@H](CCO)c2ccccc2)cc1F. The Morgan fingerprint density at radius 2 is 1.96 bits per heavy atom. The van der Waals surface area contributed by atoms with Crippen LogP contribution in [-0.2, 0) is 6.54 Å². The van der Waals surface area contributed by atoms with Gasteiger partial charge in [0.2, 0.25) is 0 Å². The number of rotatable bonds is 6. The van der Waals surface area contributed by atoms with Gasteiger partial charge in [0.05, 0.1) is 6.04 Å². The van der Waals surface area contributed by atoms with E-state index < -0.39 is 0 Å². The van der Waals surface area contributed by atoms with E-state index in [4.69, 9.17) is 5.11 Å². The number of carbonyl (C=O) groups is 1. The molecule has 1 atom stereocenters. The van der Waals surface area contributed by atoms with Gasteiger partial charge in [-0.3, -0.25) is 0 Å². The van der Waals surface area contributed by atoms with Crippen LogP contribution < -0.4 is 10.6 Å². The Balaban J connectivity index is 1.92. The molecule has 3 N–H and O–H groups in total. The Labute approximate surface area is 135 Å². The van der Waals surface area contributed by atoms with Gasteiger partial charge in [-0.25, -0.2) is 9.18 Å². The van der Waals surface area contributed by atoms with Crippen molar-refractivity contribution in [3.63, 3.8) is 0 Å². The number of amides is 2. The topological polar surface area (TPSA) is 61.4 Å². The number of hydrogen-bond donors (Lipinski definition) is 3. The van der Waals surface area contributed by atoms with Crippen molar-refractivity contribution in [3.05, 3.63) is 71.0 Å². The van der Waals surface area contributed by atoms with Crippen LogP contribution in [0, 0.1) is 12.7 Å². The molecule has 0 radical (unpaired) electrons. The minimum Gasteiger partial charge on any atom is -0.396 e. The first kappa shape index (κ1) is 17.0. The highest BCUT2D eigenvalue weighted by molar-refractivity contribution is 5.74. The van der Waals surface area contributed by atoms with E-state index in [0.717, 1.165) is 5.56 Å². The molecule has 0 aliphatic rings. The van der Waals surface area contributed by atoms with Crippen molar-refractivity contribution >= 4 is 6.03 Å². The molecule has 23 heavy (non-hydrogen) atoms. The van der Waals surface area contributed by atoms with Crippen molar-refractivity contribution in [2.24, 2.45) is 0 Å². The van der Waals surface area contributed by atoms with E-state index >= 15 is 0 Å². The van der Waals surface area contributed by atoms with E-state index in [1.165, 1.54) is 6.07 Å². The second-order valence-electron chi connectivity index (χ2n) is 5.39. The first-order valence-electron chi connectivity index (χ1n) is 7.55. The molecular formula is C18H21FN2O2. The molecule has 0 heterocycles. The molecule has 2 aromatic rings. The van der Waals surface area contributed by atoms with Gasteiger partial charge < -0.3 is 15.7 Å². The highest BCUT2D eigenvalue weighted by Crippen LogP contribution is 2.16. The summed E-state index contributed by atoms with van der Waals surface area (Å²) in [5.41, 5.74) is 2.20. The van der Waals surface area contributed by atoms with E-state index in [1.54, 1.807) is 19.1 Å². The van der Waals surface area contributed by atoms with Gasteiger partial charge in [-0.05, 0) is 36.1 Å². The number of benzene rings is 2. The fourth-order valence-corrected chi connectivity index (χ4v) is 2.27. The molecule has 0 aromatic heterocycles. The molecule has 0 aliphatic carbocycles. The molecule has 0 saturated heterocycles. The summed E-state index contributed by atoms with van der Waals surface area (Å²) in [6.07, 6.45) is 0.427. The lowest BCUT2D eigenvalue weighted by Gasteiger charge is -2.18. The molecule has 0 bridgehead atoms. The summed E-state index contributed by atoms with van der Waals surface area (Å²) < 4.78 is 13.5. The lowest BCUT2D eigenvalue weighted by Crippen LogP contribution is -2.38. The molecule has 2 rings (SSSR count). The van der Waals surface area contributed by atoms with Gasteiger partial charge in [0.15, 0.2) is 0 Å². The van der Waals surface area contributed by atoms with Crippen LogP contribution in [0.15, 0.2) is 48.5 Å². The number of aliphatic hydroxyl groups is 1. The molecule has 2 amide bonds. The largest absolute Gasteiger partial charge is 0.396 e. The van der Waals surface area contributed by atoms with E-state index in [2.05, 4.69) is 10.6 Å². The Hall–Kier alpha value is -2.40. The van der Waals surface area contributed by atoms with E-state index in [1.807, 2.05) is 30.3 Å². The summed E-state index contributed by atoms with van der Waals surface area (Å²) >= 11 is 0. The second kappa shape index (κ2) is 8.29. The fourth-order valence-electron chi connectivity index (χ4n) is 2.27. The third-order valence-electron chi connectivity index (χ3n) is 3.61. The summed E-state index contributed by atoms with van der Waals surface area (Å²) in [5, 5.41) is 14.7. The van der Waals surface area contributed by atoms with Crippen molar-refractivity contribution in [2.75, 3.05) is 6.61 Å². The first-order valence-corrected chi connectivity index (χ1v) is 7.55. The van der Waals surface area contributed by atoms with Crippen molar-refractivity contribution in [2.45, 2.75) is 25.9 Å². The summed E-state index contributed by atoms with van der Waals surface area (Å²) in [6, 6.07) is 13.7. The number of carbonyl (C=O) groups excluding carboxylic acids is 1. The summed E-state index contributed by atoms with van der Waals surface area (Å²) in [7, 11) is 0. The Kier molecular flexibility index (Phi) is 6.11. The molecule has 0 spiro atoms. The van der Waals surface area contributed by atoms with Crippen LogP contribution in [0.4, 0.5) is 9.18 Å². The zero-order valence-electron chi connectivity index (χ0n) is 13.1. The van der Waals surface area contributed by atoms with Gasteiger partial charge in [0.1, 0.15) is 5.82 Å². The Morgan fingerprint density at radius 3 is 2.61 bits per heavy atom. The predicted molar refractivity (Wildman–Crippen MR) is 87.4 cm³/mol. The van der Waals surface area contributed by atoms with E-state index in [-0.39, 0.29) is 31.0 Å². The highest BCUT2D eigenvalue weighted by Gasteiger charge is 2.13. The average molecular weight is 316 g/mol. The third kappa shape index (κ3) is 5.07. The predicted octanol–water partition coefficient (Wildman–Crippen LogP) is 3.06. The molecular weight excluding hydrogens is 295 g/mol. The van der Waals surface area contributed by atoms with Crippen molar-refractivity contribution in [1.29, 1.82) is 0 Å². The number of halogens is 1. The van der Waals surface area contributed by atoms with Crippen molar-refractivity contribution in [3.8, 4) is 0 Å².